The predicted octanol–water partition coefficient (Wildman–Crippen LogP) is 2.28. The van der Waals surface area contributed by atoms with E-state index in [1.165, 1.54) is 25.7 Å². The fraction of sp³-hybridized carbons (Fsp3) is 1.00. The molecule has 2 fully saturated rings. The topological polar surface area (TPSA) is 32.7 Å². The van der Waals surface area contributed by atoms with Crippen LogP contribution < -0.4 is 0 Å². The molecular weight excluding hydrogens is 226 g/mol. The minimum atomic E-state index is 0.151. The Morgan fingerprint density at radius 2 is 1.89 bits per heavy atom. The average Bonchev–Trinajstić information content (AvgIpc) is 2.37. The molecule has 0 radical (unpaired) electrons. The van der Waals surface area contributed by atoms with Gasteiger partial charge in [0.05, 0.1) is 12.7 Å². The van der Waals surface area contributed by atoms with E-state index in [0.717, 1.165) is 25.6 Å². The van der Waals surface area contributed by atoms with E-state index in [1.54, 1.807) is 0 Å². The smallest absolute Gasteiger partial charge is 0.0674 e. The third-order valence-corrected chi connectivity index (χ3v) is 4.95. The van der Waals surface area contributed by atoms with Crippen molar-refractivity contribution in [3.63, 3.8) is 0 Å². The van der Waals surface area contributed by atoms with Crippen molar-refractivity contribution in [1.82, 2.24) is 4.90 Å². The number of nitrogens with zero attached hydrogens (tertiary/aromatic N) is 1. The molecule has 3 heteroatoms. The van der Waals surface area contributed by atoms with E-state index in [2.05, 4.69) is 25.7 Å². The Kier molecular flexibility index (Phi) is 4.68. The predicted molar refractivity (Wildman–Crippen MR) is 73.6 cm³/mol. The van der Waals surface area contributed by atoms with Crippen molar-refractivity contribution in [2.45, 2.75) is 58.6 Å². The van der Waals surface area contributed by atoms with Gasteiger partial charge in [0.15, 0.2) is 0 Å². The van der Waals surface area contributed by atoms with Crippen molar-refractivity contribution in [1.29, 1.82) is 0 Å². The number of rotatable bonds is 3. The van der Waals surface area contributed by atoms with Crippen LogP contribution in [0.2, 0.25) is 0 Å². The highest BCUT2D eigenvalue weighted by Gasteiger charge is 2.37. The first kappa shape index (κ1) is 14.3. The van der Waals surface area contributed by atoms with Crippen LogP contribution in [-0.4, -0.2) is 48.5 Å². The van der Waals surface area contributed by atoms with Gasteiger partial charge in [0.25, 0.3) is 0 Å². The summed E-state index contributed by atoms with van der Waals surface area (Å²) >= 11 is 0. The molecule has 1 saturated heterocycles. The molecule has 0 aromatic carbocycles. The molecule has 0 aromatic rings. The Morgan fingerprint density at radius 1 is 1.22 bits per heavy atom. The van der Waals surface area contributed by atoms with Crippen LogP contribution in [0.3, 0.4) is 0 Å². The van der Waals surface area contributed by atoms with E-state index in [9.17, 15) is 5.11 Å². The molecule has 0 spiro atoms. The van der Waals surface area contributed by atoms with Gasteiger partial charge in [0, 0.05) is 31.2 Å². The van der Waals surface area contributed by atoms with Gasteiger partial charge in [-0.05, 0) is 32.6 Å². The fourth-order valence-electron chi connectivity index (χ4n) is 3.36. The standard InChI is InChI=1S/C15H29NO2/c1-12-4-6-15(11-17,7-5-12)10-16-8-14(3)18-9-13(16)2/h12-14,17H,4-11H2,1-3H3. The van der Waals surface area contributed by atoms with Gasteiger partial charge in [-0.15, -0.1) is 0 Å². The largest absolute Gasteiger partial charge is 0.396 e. The molecule has 2 atom stereocenters. The Bertz CT molecular complexity index is 261. The van der Waals surface area contributed by atoms with Crippen LogP contribution in [0.1, 0.15) is 46.5 Å². The van der Waals surface area contributed by atoms with Crippen LogP contribution >= 0.6 is 0 Å². The summed E-state index contributed by atoms with van der Waals surface area (Å²) in [5, 5.41) is 9.85. The molecule has 1 aliphatic heterocycles. The van der Waals surface area contributed by atoms with E-state index >= 15 is 0 Å². The molecule has 1 heterocycles. The Hall–Kier alpha value is -0.120. The highest BCUT2D eigenvalue weighted by atomic mass is 16.5. The second kappa shape index (κ2) is 5.89. The molecular formula is C15H29NO2. The summed E-state index contributed by atoms with van der Waals surface area (Å²) in [6, 6.07) is 0.490. The minimum Gasteiger partial charge on any atom is -0.396 e. The lowest BCUT2D eigenvalue weighted by Gasteiger charge is -2.45. The molecule has 2 unspecified atom stereocenters. The van der Waals surface area contributed by atoms with Crippen LogP contribution in [0.25, 0.3) is 0 Å². The maximum atomic E-state index is 9.85. The van der Waals surface area contributed by atoms with Crippen molar-refractivity contribution in [2.75, 3.05) is 26.3 Å². The van der Waals surface area contributed by atoms with Crippen LogP contribution in [-0.2, 0) is 4.74 Å². The van der Waals surface area contributed by atoms with Crippen LogP contribution in [0, 0.1) is 11.3 Å². The number of hydrogen-bond donors (Lipinski definition) is 1. The van der Waals surface area contributed by atoms with Crippen LogP contribution in [0.15, 0.2) is 0 Å². The van der Waals surface area contributed by atoms with Gasteiger partial charge < -0.3 is 9.84 Å². The third-order valence-electron chi connectivity index (χ3n) is 4.95. The van der Waals surface area contributed by atoms with Gasteiger partial charge in [0.2, 0.25) is 0 Å². The van der Waals surface area contributed by atoms with Crippen molar-refractivity contribution in [3.05, 3.63) is 0 Å². The number of aliphatic hydroxyl groups excluding tert-OH is 1. The van der Waals surface area contributed by atoms with Crippen molar-refractivity contribution < 1.29 is 9.84 Å². The summed E-state index contributed by atoms with van der Waals surface area (Å²) < 4.78 is 5.69. The van der Waals surface area contributed by atoms with Gasteiger partial charge >= 0.3 is 0 Å². The zero-order valence-electron chi connectivity index (χ0n) is 12.2. The molecule has 18 heavy (non-hydrogen) atoms. The van der Waals surface area contributed by atoms with Gasteiger partial charge in [0.1, 0.15) is 0 Å². The Balaban J connectivity index is 1.96. The van der Waals surface area contributed by atoms with Gasteiger partial charge in [-0.3, -0.25) is 4.90 Å². The normalized spacial score (nSPS) is 43.0. The number of aliphatic hydroxyl groups is 1. The van der Waals surface area contributed by atoms with E-state index in [1.807, 2.05) is 0 Å². The Labute approximate surface area is 112 Å². The molecule has 0 bridgehead atoms. The van der Waals surface area contributed by atoms with Crippen molar-refractivity contribution >= 4 is 0 Å². The maximum Gasteiger partial charge on any atom is 0.0674 e. The monoisotopic (exact) mass is 255 g/mol. The quantitative estimate of drug-likeness (QED) is 0.840. The lowest BCUT2D eigenvalue weighted by molar-refractivity contribution is -0.0758. The lowest BCUT2D eigenvalue weighted by Crippen LogP contribution is -2.52. The molecule has 0 aromatic heterocycles. The highest BCUT2D eigenvalue weighted by molar-refractivity contribution is 4.89. The fourth-order valence-corrected chi connectivity index (χ4v) is 3.36. The lowest BCUT2D eigenvalue weighted by atomic mass is 9.71. The number of hydrogen-bond acceptors (Lipinski definition) is 3. The molecule has 1 N–H and O–H groups in total. The van der Waals surface area contributed by atoms with Gasteiger partial charge in [-0.2, -0.15) is 0 Å². The van der Waals surface area contributed by atoms with E-state index in [4.69, 9.17) is 4.74 Å². The highest BCUT2D eigenvalue weighted by Crippen LogP contribution is 2.39. The molecule has 0 amide bonds. The van der Waals surface area contributed by atoms with Crippen LogP contribution in [0.5, 0.6) is 0 Å². The number of ether oxygens (including phenoxy) is 1. The summed E-state index contributed by atoms with van der Waals surface area (Å²) in [5.74, 6) is 0.839. The van der Waals surface area contributed by atoms with E-state index < -0.39 is 0 Å². The first-order valence-corrected chi connectivity index (χ1v) is 7.51. The Morgan fingerprint density at radius 3 is 2.50 bits per heavy atom. The zero-order valence-corrected chi connectivity index (χ0v) is 12.2. The first-order valence-electron chi connectivity index (χ1n) is 7.51. The second-order valence-electron chi connectivity index (χ2n) is 6.76. The second-order valence-corrected chi connectivity index (χ2v) is 6.76. The van der Waals surface area contributed by atoms with Crippen molar-refractivity contribution in [3.8, 4) is 0 Å². The summed E-state index contributed by atoms with van der Waals surface area (Å²) in [4.78, 5) is 2.53. The zero-order chi connectivity index (χ0) is 13.2. The molecule has 2 aliphatic rings. The maximum absolute atomic E-state index is 9.85. The molecule has 2 rings (SSSR count). The summed E-state index contributed by atoms with van der Waals surface area (Å²) in [6.45, 7) is 9.96. The molecule has 106 valence electrons. The minimum absolute atomic E-state index is 0.151. The molecule has 1 aliphatic carbocycles. The van der Waals surface area contributed by atoms with E-state index in [-0.39, 0.29) is 5.41 Å². The van der Waals surface area contributed by atoms with Crippen molar-refractivity contribution in [2.24, 2.45) is 11.3 Å². The summed E-state index contributed by atoms with van der Waals surface area (Å²) in [7, 11) is 0. The molecule has 1 saturated carbocycles. The van der Waals surface area contributed by atoms with Crippen LogP contribution in [0.4, 0.5) is 0 Å². The SMILES string of the molecule is CC1CCC(CO)(CN2CC(C)OCC2C)CC1. The van der Waals surface area contributed by atoms with Gasteiger partial charge in [-0.1, -0.05) is 19.8 Å². The first-order chi connectivity index (χ1) is 8.54. The summed E-state index contributed by atoms with van der Waals surface area (Å²) in [5.41, 5.74) is 0.151. The third kappa shape index (κ3) is 3.25. The summed E-state index contributed by atoms with van der Waals surface area (Å²) in [6.07, 6.45) is 5.25. The average molecular weight is 255 g/mol. The molecule has 3 nitrogen and oxygen atoms in total. The number of morpholine rings is 1. The van der Waals surface area contributed by atoms with Gasteiger partial charge in [-0.25, -0.2) is 0 Å². The van der Waals surface area contributed by atoms with E-state index in [0.29, 0.717) is 18.8 Å².